The lowest BCUT2D eigenvalue weighted by molar-refractivity contribution is -0.143. The Kier molecular flexibility index (Phi) is 5.87. The lowest BCUT2D eigenvalue weighted by Crippen LogP contribution is -2.42. The van der Waals surface area contributed by atoms with Gasteiger partial charge in [-0.3, -0.25) is 9.59 Å². The molecule has 28 heavy (non-hydrogen) atoms. The number of carboxylic acid groups (broad SMARTS) is 1. The summed E-state index contributed by atoms with van der Waals surface area (Å²) in [7, 11) is 1.51. The van der Waals surface area contributed by atoms with E-state index >= 15 is 0 Å². The zero-order valence-corrected chi connectivity index (χ0v) is 16.2. The number of rotatable bonds is 6. The zero-order chi connectivity index (χ0) is 20.3. The molecule has 1 amide bonds. The Morgan fingerprint density at radius 3 is 2.75 bits per heavy atom. The summed E-state index contributed by atoms with van der Waals surface area (Å²) in [5.74, 6) is 0.0452. The number of piperidine rings is 1. The summed E-state index contributed by atoms with van der Waals surface area (Å²) in [6.07, 6.45) is 1.27. The molecule has 1 aliphatic heterocycles. The Hall–Kier alpha value is -3.03. The molecule has 1 saturated heterocycles. The van der Waals surface area contributed by atoms with Crippen LogP contribution in [-0.2, 0) is 11.4 Å². The molecule has 2 aromatic rings. The highest BCUT2D eigenvalue weighted by Crippen LogP contribution is 2.30. The lowest BCUT2D eigenvalue weighted by Gasteiger charge is -2.30. The number of carbonyl (C=O) groups is 2. The van der Waals surface area contributed by atoms with E-state index in [1.807, 2.05) is 13.8 Å². The third-order valence-corrected chi connectivity index (χ3v) is 5.02. The van der Waals surface area contributed by atoms with E-state index in [1.165, 1.54) is 7.11 Å². The maximum atomic E-state index is 12.8. The Morgan fingerprint density at radius 2 is 2.11 bits per heavy atom. The number of methoxy groups -OCH3 is 1. The van der Waals surface area contributed by atoms with Gasteiger partial charge in [0.2, 0.25) is 0 Å². The van der Waals surface area contributed by atoms with Gasteiger partial charge in [-0.15, -0.1) is 0 Å². The number of hydrogen-bond donors (Lipinski definition) is 1. The standard InChI is InChI=1S/C20H24N2O6/c1-12-16(13(2)28-21-12)11-27-17-7-6-14(9-18(17)26-3)19(23)22-8-4-5-15(10-22)20(24)25/h6-7,9,15H,4-5,8,10-11H2,1-3H3,(H,24,25). The van der Waals surface area contributed by atoms with E-state index in [2.05, 4.69) is 5.16 Å². The Labute approximate surface area is 163 Å². The number of carboxylic acids is 1. The van der Waals surface area contributed by atoms with Crippen molar-refractivity contribution < 1.29 is 28.7 Å². The van der Waals surface area contributed by atoms with Crippen LogP contribution in [0.4, 0.5) is 0 Å². The van der Waals surface area contributed by atoms with Crippen molar-refractivity contribution in [3.63, 3.8) is 0 Å². The number of ether oxygens (including phenoxy) is 2. The molecule has 1 aromatic carbocycles. The fourth-order valence-corrected chi connectivity index (χ4v) is 3.32. The van der Waals surface area contributed by atoms with E-state index in [1.54, 1.807) is 23.1 Å². The van der Waals surface area contributed by atoms with Crippen molar-refractivity contribution in [2.75, 3.05) is 20.2 Å². The summed E-state index contributed by atoms with van der Waals surface area (Å²) < 4.78 is 16.3. The van der Waals surface area contributed by atoms with Crippen LogP contribution >= 0.6 is 0 Å². The summed E-state index contributed by atoms with van der Waals surface area (Å²) in [4.78, 5) is 25.6. The molecule has 8 nitrogen and oxygen atoms in total. The van der Waals surface area contributed by atoms with Crippen LogP contribution in [-0.4, -0.2) is 47.2 Å². The third kappa shape index (κ3) is 4.11. The first-order valence-electron chi connectivity index (χ1n) is 9.15. The number of aliphatic carboxylic acids is 1. The largest absolute Gasteiger partial charge is 0.493 e. The molecule has 2 heterocycles. The quantitative estimate of drug-likeness (QED) is 0.812. The number of amides is 1. The summed E-state index contributed by atoms with van der Waals surface area (Å²) in [5.41, 5.74) is 2.07. The summed E-state index contributed by atoms with van der Waals surface area (Å²) in [5, 5.41) is 13.1. The highest BCUT2D eigenvalue weighted by molar-refractivity contribution is 5.95. The van der Waals surface area contributed by atoms with Crippen molar-refractivity contribution >= 4 is 11.9 Å². The van der Waals surface area contributed by atoms with Crippen molar-refractivity contribution in [3.8, 4) is 11.5 Å². The molecule has 150 valence electrons. The number of carbonyl (C=O) groups excluding carboxylic acids is 1. The fraction of sp³-hybridized carbons (Fsp3) is 0.450. The molecule has 1 N–H and O–H groups in total. The maximum Gasteiger partial charge on any atom is 0.308 e. The van der Waals surface area contributed by atoms with Crippen molar-refractivity contribution in [3.05, 3.63) is 40.8 Å². The molecule has 1 atom stereocenters. The molecule has 1 aliphatic rings. The summed E-state index contributed by atoms with van der Waals surface area (Å²) in [6, 6.07) is 4.97. The second-order valence-corrected chi connectivity index (χ2v) is 6.89. The number of likely N-dealkylation sites (tertiary alicyclic amines) is 1. The lowest BCUT2D eigenvalue weighted by atomic mass is 9.97. The van der Waals surface area contributed by atoms with Gasteiger partial charge in [-0.1, -0.05) is 5.16 Å². The van der Waals surface area contributed by atoms with Crippen LogP contribution in [0.3, 0.4) is 0 Å². The van der Waals surface area contributed by atoms with Gasteiger partial charge in [-0.2, -0.15) is 0 Å². The van der Waals surface area contributed by atoms with Gasteiger partial charge in [0, 0.05) is 18.7 Å². The molecule has 0 aliphatic carbocycles. The van der Waals surface area contributed by atoms with Crippen molar-refractivity contribution in [2.24, 2.45) is 5.92 Å². The molecular weight excluding hydrogens is 364 g/mol. The molecule has 0 bridgehead atoms. The highest BCUT2D eigenvalue weighted by Gasteiger charge is 2.29. The predicted molar refractivity (Wildman–Crippen MR) is 99.6 cm³/mol. The smallest absolute Gasteiger partial charge is 0.308 e. The van der Waals surface area contributed by atoms with Gasteiger partial charge >= 0.3 is 5.97 Å². The Balaban J connectivity index is 1.73. The van der Waals surface area contributed by atoms with Crippen molar-refractivity contribution in [1.29, 1.82) is 0 Å². The average molecular weight is 388 g/mol. The Bertz CT molecular complexity index is 856. The van der Waals surface area contributed by atoms with Crippen LogP contribution in [0.2, 0.25) is 0 Å². The van der Waals surface area contributed by atoms with E-state index in [4.69, 9.17) is 14.0 Å². The molecule has 0 radical (unpaired) electrons. The van der Waals surface area contributed by atoms with Gasteiger partial charge in [0.1, 0.15) is 12.4 Å². The minimum absolute atomic E-state index is 0.207. The molecule has 0 saturated carbocycles. The molecule has 1 aromatic heterocycles. The van der Waals surface area contributed by atoms with Gasteiger partial charge in [-0.25, -0.2) is 0 Å². The number of benzene rings is 1. The van der Waals surface area contributed by atoms with E-state index in [-0.39, 0.29) is 19.1 Å². The zero-order valence-electron chi connectivity index (χ0n) is 16.2. The summed E-state index contributed by atoms with van der Waals surface area (Å²) in [6.45, 7) is 4.71. The normalized spacial score (nSPS) is 16.7. The van der Waals surface area contributed by atoms with E-state index < -0.39 is 11.9 Å². The van der Waals surface area contributed by atoms with Crippen molar-refractivity contribution in [2.45, 2.75) is 33.3 Å². The Morgan fingerprint density at radius 1 is 1.32 bits per heavy atom. The molecule has 1 fully saturated rings. The summed E-state index contributed by atoms with van der Waals surface area (Å²) >= 11 is 0. The first kappa shape index (κ1) is 19.7. The van der Waals surface area contributed by atoms with Crippen LogP contribution in [0.15, 0.2) is 22.7 Å². The molecule has 1 unspecified atom stereocenters. The minimum atomic E-state index is -0.863. The number of aromatic nitrogens is 1. The van der Waals surface area contributed by atoms with Gasteiger partial charge in [0.05, 0.1) is 24.3 Å². The van der Waals surface area contributed by atoms with Gasteiger partial charge in [0.25, 0.3) is 5.91 Å². The average Bonchev–Trinajstić information content (AvgIpc) is 3.03. The molecule has 0 spiro atoms. The molecule has 8 heteroatoms. The second-order valence-electron chi connectivity index (χ2n) is 6.89. The molecular formula is C20H24N2O6. The highest BCUT2D eigenvalue weighted by atomic mass is 16.5. The predicted octanol–water partition coefficient (Wildman–Crippen LogP) is 2.82. The first-order valence-corrected chi connectivity index (χ1v) is 9.15. The van der Waals surface area contributed by atoms with Crippen LogP contribution in [0.5, 0.6) is 11.5 Å². The SMILES string of the molecule is COc1cc(C(=O)N2CCCC(C(=O)O)C2)ccc1OCc1c(C)noc1C. The van der Waals surface area contributed by atoms with Gasteiger partial charge in [-0.05, 0) is 44.9 Å². The minimum Gasteiger partial charge on any atom is -0.493 e. The number of aryl methyl sites for hydroxylation is 2. The number of nitrogens with zero attached hydrogens (tertiary/aromatic N) is 2. The monoisotopic (exact) mass is 388 g/mol. The molecule has 3 rings (SSSR count). The van der Waals surface area contributed by atoms with Crippen LogP contribution in [0.1, 0.15) is 40.2 Å². The van der Waals surface area contributed by atoms with Crippen LogP contribution in [0.25, 0.3) is 0 Å². The van der Waals surface area contributed by atoms with Gasteiger partial charge in [0.15, 0.2) is 11.5 Å². The number of hydrogen-bond acceptors (Lipinski definition) is 6. The van der Waals surface area contributed by atoms with Crippen LogP contribution in [0, 0.1) is 19.8 Å². The second kappa shape index (κ2) is 8.33. The van der Waals surface area contributed by atoms with Crippen LogP contribution < -0.4 is 9.47 Å². The fourth-order valence-electron chi connectivity index (χ4n) is 3.32. The third-order valence-electron chi connectivity index (χ3n) is 5.02. The van der Waals surface area contributed by atoms with Crippen molar-refractivity contribution in [1.82, 2.24) is 10.1 Å². The topological polar surface area (TPSA) is 102 Å². The first-order chi connectivity index (χ1) is 13.4. The van der Waals surface area contributed by atoms with E-state index in [0.29, 0.717) is 42.2 Å². The van der Waals surface area contributed by atoms with E-state index in [0.717, 1.165) is 11.3 Å². The maximum absolute atomic E-state index is 12.8. The van der Waals surface area contributed by atoms with Gasteiger partial charge < -0.3 is 24.0 Å². The van der Waals surface area contributed by atoms with E-state index in [9.17, 15) is 14.7 Å².